The van der Waals surface area contributed by atoms with E-state index in [4.69, 9.17) is 0 Å². The second-order valence-corrected chi connectivity index (χ2v) is 7.99. The first-order valence-corrected chi connectivity index (χ1v) is 8.65. The molecule has 1 rings (SSSR count). The molecule has 8 nitrogen and oxygen atoms in total. The molecule has 0 N–H and O–H groups in total. The van der Waals surface area contributed by atoms with Crippen LogP contribution in [0.15, 0.2) is 4.34 Å². The van der Waals surface area contributed by atoms with Crippen LogP contribution in [0.4, 0.5) is 9.93 Å². The Kier molecular flexibility index (Phi) is 5.65. The lowest BCUT2D eigenvalue weighted by molar-refractivity contribution is 0.225. The fourth-order valence-electron chi connectivity index (χ4n) is 1.44. The summed E-state index contributed by atoms with van der Waals surface area (Å²) in [6, 6.07) is -0.436. The molecule has 1 heterocycles. The molecule has 0 aliphatic carbocycles. The first-order valence-electron chi connectivity index (χ1n) is 6.39. The molecule has 0 aliphatic rings. The van der Waals surface area contributed by atoms with Gasteiger partial charge in [-0.1, -0.05) is 18.3 Å². The number of rotatable bonds is 5. The number of nitrogens with zero attached hydrogens (tertiary/aromatic N) is 5. The number of sulfonamides is 1. The van der Waals surface area contributed by atoms with Gasteiger partial charge in [-0.15, -0.1) is 10.2 Å². The van der Waals surface area contributed by atoms with Crippen molar-refractivity contribution in [1.82, 2.24) is 19.4 Å². The van der Waals surface area contributed by atoms with Gasteiger partial charge in [-0.2, -0.15) is 4.31 Å². The zero-order valence-electron chi connectivity index (χ0n) is 13.1. The molecule has 10 heteroatoms. The van der Waals surface area contributed by atoms with Crippen LogP contribution in [-0.4, -0.2) is 68.1 Å². The molecule has 0 aromatic carbocycles. The maximum Gasteiger partial charge on any atom is 0.325 e. The smallest absolute Gasteiger partial charge is 0.325 e. The third-order valence-corrected chi connectivity index (χ3v) is 6.48. The molecule has 0 saturated carbocycles. The van der Waals surface area contributed by atoms with Crippen LogP contribution in [-0.2, 0) is 10.0 Å². The number of hydrogen-bond acceptors (Lipinski definition) is 6. The number of amides is 2. The van der Waals surface area contributed by atoms with E-state index in [1.54, 1.807) is 14.1 Å². The van der Waals surface area contributed by atoms with Crippen molar-refractivity contribution in [3.8, 4) is 0 Å². The summed E-state index contributed by atoms with van der Waals surface area (Å²) < 4.78 is 25.9. The third-order valence-electron chi connectivity index (χ3n) is 3.16. The molecule has 0 aliphatic heterocycles. The van der Waals surface area contributed by atoms with Crippen molar-refractivity contribution in [1.29, 1.82) is 0 Å². The monoisotopic (exact) mass is 335 g/mol. The number of carbonyl (C=O) groups is 1. The van der Waals surface area contributed by atoms with Gasteiger partial charge in [0.2, 0.25) is 9.47 Å². The van der Waals surface area contributed by atoms with Gasteiger partial charge in [0.25, 0.3) is 10.0 Å². The summed E-state index contributed by atoms with van der Waals surface area (Å²) in [6.45, 7) is 3.73. The Balaban J connectivity index is 3.06. The first kappa shape index (κ1) is 17.8. The third kappa shape index (κ3) is 3.69. The van der Waals surface area contributed by atoms with Crippen LogP contribution >= 0.6 is 11.3 Å². The van der Waals surface area contributed by atoms with Crippen LogP contribution in [0, 0.1) is 0 Å². The molecule has 1 atom stereocenters. The van der Waals surface area contributed by atoms with E-state index >= 15 is 0 Å². The van der Waals surface area contributed by atoms with E-state index in [9.17, 15) is 13.2 Å². The minimum atomic E-state index is -3.68. The van der Waals surface area contributed by atoms with Gasteiger partial charge >= 0.3 is 6.03 Å². The van der Waals surface area contributed by atoms with Gasteiger partial charge in [0.15, 0.2) is 0 Å². The Hall–Kier alpha value is -1.26. The van der Waals surface area contributed by atoms with E-state index in [0.29, 0.717) is 6.42 Å². The van der Waals surface area contributed by atoms with E-state index in [1.807, 2.05) is 13.8 Å². The lowest BCUT2D eigenvalue weighted by Gasteiger charge is -2.21. The maximum absolute atomic E-state index is 12.4. The fourth-order valence-corrected chi connectivity index (χ4v) is 3.99. The van der Waals surface area contributed by atoms with Crippen molar-refractivity contribution in [3.05, 3.63) is 0 Å². The van der Waals surface area contributed by atoms with E-state index in [0.717, 1.165) is 11.3 Å². The van der Waals surface area contributed by atoms with Crippen LogP contribution in [0.5, 0.6) is 0 Å². The van der Waals surface area contributed by atoms with Crippen molar-refractivity contribution in [3.63, 3.8) is 0 Å². The summed E-state index contributed by atoms with van der Waals surface area (Å²) in [4.78, 5) is 14.5. The number of aromatic nitrogens is 2. The van der Waals surface area contributed by atoms with Gasteiger partial charge in [-0.05, 0) is 13.3 Å². The minimum Gasteiger partial charge on any atom is -0.330 e. The molecule has 1 aromatic heterocycles. The summed E-state index contributed by atoms with van der Waals surface area (Å²) in [7, 11) is 2.57. The highest BCUT2D eigenvalue weighted by Gasteiger charge is 2.29. The molecule has 2 amide bonds. The summed E-state index contributed by atoms with van der Waals surface area (Å²) >= 11 is 0.876. The zero-order valence-corrected chi connectivity index (χ0v) is 14.7. The Morgan fingerprint density at radius 1 is 1.24 bits per heavy atom. The van der Waals surface area contributed by atoms with Gasteiger partial charge < -0.3 is 4.90 Å². The number of anilines is 1. The van der Waals surface area contributed by atoms with Gasteiger partial charge in [-0.3, -0.25) is 4.90 Å². The minimum absolute atomic E-state index is 0.112. The molecule has 0 spiro atoms. The van der Waals surface area contributed by atoms with Crippen LogP contribution in [0.3, 0.4) is 0 Å². The van der Waals surface area contributed by atoms with Crippen LogP contribution in [0.2, 0.25) is 0 Å². The van der Waals surface area contributed by atoms with Crippen molar-refractivity contribution in [2.24, 2.45) is 0 Å². The Morgan fingerprint density at radius 3 is 2.29 bits per heavy atom. The predicted molar refractivity (Wildman–Crippen MR) is 82.1 cm³/mol. The average molecular weight is 335 g/mol. The molecule has 0 fully saturated rings. The summed E-state index contributed by atoms with van der Waals surface area (Å²) in [5, 5.41) is 7.75. The standard InChI is InChI=1S/C11H21N5O3S2/c1-7-8(2)16(6)21(18,19)10-13-12-9(20-10)15(5)11(17)14(3)4/h8H,7H2,1-6H3. The second-order valence-electron chi connectivity index (χ2n) is 4.87. The highest BCUT2D eigenvalue weighted by molar-refractivity contribution is 7.91. The van der Waals surface area contributed by atoms with E-state index < -0.39 is 10.0 Å². The van der Waals surface area contributed by atoms with Gasteiger partial charge in [-0.25, -0.2) is 13.2 Å². The molecular weight excluding hydrogens is 314 g/mol. The van der Waals surface area contributed by atoms with Gasteiger partial charge in [0, 0.05) is 34.2 Å². The van der Waals surface area contributed by atoms with Crippen LogP contribution in [0.1, 0.15) is 20.3 Å². The van der Waals surface area contributed by atoms with Crippen molar-refractivity contribution >= 4 is 32.5 Å². The second kappa shape index (κ2) is 6.67. The molecule has 1 unspecified atom stereocenters. The van der Waals surface area contributed by atoms with Gasteiger partial charge in [0.05, 0.1) is 0 Å². The van der Waals surface area contributed by atoms with E-state index in [1.165, 1.54) is 28.2 Å². The lowest BCUT2D eigenvalue weighted by atomic mass is 10.3. The quantitative estimate of drug-likeness (QED) is 0.751. The van der Waals surface area contributed by atoms with E-state index in [-0.39, 0.29) is 21.5 Å². The largest absolute Gasteiger partial charge is 0.330 e. The van der Waals surface area contributed by atoms with Crippen LogP contribution in [0.25, 0.3) is 0 Å². The normalized spacial score (nSPS) is 13.3. The summed E-state index contributed by atoms with van der Waals surface area (Å²) in [5.41, 5.74) is 0. The van der Waals surface area contributed by atoms with Crippen molar-refractivity contribution in [2.75, 3.05) is 33.1 Å². The fraction of sp³-hybridized carbons (Fsp3) is 0.727. The Morgan fingerprint density at radius 2 is 1.81 bits per heavy atom. The van der Waals surface area contributed by atoms with Crippen LogP contribution < -0.4 is 4.90 Å². The Bertz CT molecular complexity index is 599. The lowest BCUT2D eigenvalue weighted by Crippen LogP contribution is -2.36. The summed E-state index contributed by atoms with van der Waals surface area (Å²) in [6.07, 6.45) is 0.695. The first-order chi connectivity index (χ1) is 9.62. The Labute approximate surface area is 129 Å². The van der Waals surface area contributed by atoms with Crippen molar-refractivity contribution < 1.29 is 13.2 Å². The molecule has 0 radical (unpaired) electrons. The predicted octanol–water partition coefficient (Wildman–Crippen LogP) is 1.07. The number of carbonyl (C=O) groups excluding carboxylic acids is 1. The van der Waals surface area contributed by atoms with Crippen molar-refractivity contribution in [2.45, 2.75) is 30.6 Å². The highest BCUT2D eigenvalue weighted by atomic mass is 32.2. The van der Waals surface area contributed by atoms with Gasteiger partial charge in [0.1, 0.15) is 0 Å². The number of urea groups is 1. The molecule has 0 bridgehead atoms. The molecule has 120 valence electrons. The average Bonchev–Trinajstić information content (AvgIpc) is 2.94. The summed E-state index contributed by atoms with van der Waals surface area (Å²) in [5.74, 6) is 0. The maximum atomic E-state index is 12.4. The zero-order chi connectivity index (χ0) is 16.4. The van der Waals surface area contributed by atoms with E-state index in [2.05, 4.69) is 10.2 Å². The topological polar surface area (TPSA) is 86.7 Å². The molecule has 21 heavy (non-hydrogen) atoms. The highest BCUT2D eigenvalue weighted by Crippen LogP contribution is 2.26. The molecule has 1 aromatic rings. The molecule has 0 saturated heterocycles. The number of hydrogen-bond donors (Lipinski definition) is 0. The SMILES string of the molecule is CCC(C)N(C)S(=O)(=O)c1nnc(N(C)C(=O)N(C)C)s1. The molecular formula is C11H21N5O3S2.